The van der Waals surface area contributed by atoms with Crippen LogP contribution in [0.15, 0.2) is 54.6 Å². The molecule has 2 amide bonds. The Balaban J connectivity index is 1.78. The highest BCUT2D eigenvalue weighted by atomic mass is 32.2. The highest BCUT2D eigenvalue weighted by molar-refractivity contribution is 7.86. The van der Waals surface area contributed by atoms with E-state index in [1.165, 1.54) is 37.4 Å². The van der Waals surface area contributed by atoms with Crippen LogP contribution in [0.5, 0.6) is 5.88 Å². The molecule has 1 saturated carbocycles. The van der Waals surface area contributed by atoms with E-state index in [0.29, 0.717) is 30.3 Å². The van der Waals surface area contributed by atoms with Crippen LogP contribution in [0.1, 0.15) is 62.5 Å². The summed E-state index contributed by atoms with van der Waals surface area (Å²) in [6.07, 6.45) is 3.55. The van der Waals surface area contributed by atoms with Crippen molar-refractivity contribution in [3.05, 3.63) is 77.0 Å². The van der Waals surface area contributed by atoms with Crippen molar-refractivity contribution < 1.29 is 36.8 Å². The summed E-state index contributed by atoms with van der Waals surface area (Å²) in [5.41, 5.74) is 5.23. The van der Waals surface area contributed by atoms with Gasteiger partial charge in [-0.1, -0.05) is 18.9 Å². The van der Waals surface area contributed by atoms with Gasteiger partial charge in [-0.15, -0.1) is 0 Å². The third kappa shape index (κ3) is 7.34. The van der Waals surface area contributed by atoms with E-state index in [1.807, 2.05) is 0 Å². The predicted octanol–water partition coefficient (Wildman–Crippen LogP) is 2.44. The van der Waals surface area contributed by atoms with Gasteiger partial charge in [0.05, 0.1) is 31.1 Å². The number of aliphatic hydroxyl groups excluding tert-OH is 1. The molecule has 1 aromatic heterocycles. The van der Waals surface area contributed by atoms with Gasteiger partial charge in [0.1, 0.15) is 11.5 Å². The Labute approximate surface area is 248 Å². The molecule has 1 fully saturated rings. The lowest BCUT2D eigenvalue weighted by atomic mass is 9.94. The van der Waals surface area contributed by atoms with Crippen molar-refractivity contribution in [2.45, 2.75) is 31.2 Å². The van der Waals surface area contributed by atoms with Crippen molar-refractivity contribution in [3.8, 4) is 17.0 Å². The van der Waals surface area contributed by atoms with Gasteiger partial charge in [-0.25, -0.2) is 9.78 Å². The fraction of sp³-hybridized carbons (Fsp3) is 0.276. The van der Waals surface area contributed by atoms with Gasteiger partial charge in [0.15, 0.2) is 0 Å². The predicted molar refractivity (Wildman–Crippen MR) is 158 cm³/mol. The Morgan fingerprint density at radius 1 is 1.00 bits per heavy atom. The van der Waals surface area contributed by atoms with Gasteiger partial charge in [-0.3, -0.25) is 15.0 Å². The number of benzene rings is 2. The highest BCUT2D eigenvalue weighted by Crippen LogP contribution is 2.32. The van der Waals surface area contributed by atoms with Gasteiger partial charge >= 0.3 is 16.1 Å². The number of rotatable bonds is 10. The zero-order chi connectivity index (χ0) is 31.4. The first-order chi connectivity index (χ1) is 20.3. The number of aromatic nitrogens is 1. The van der Waals surface area contributed by atoms with Crippen molar-refractivity contribution in [1.29, 1.82) is 5.41 Å². The molecule has 1 heterocycles. The van der Waals surface area contributed by atoms with E-state index < -0.39 is 33.4 Å². The molecule has 0 bridgehead atoms. The molecule has 0 spiro atoms. The lowest BCUT2D eigenvalue weighted by molar-refractivity contribution is 0.0748. The normalized spacial score (nSPS) is 14.0. The minimum atomic E-state index is -4.25. The average Bonchev–Trinajstić information content (AvgIpc) is 3.44. The lowest BCUT2D eigenvalue weighted by Crippen LogP contribution is -2.49. The Kier molecular flexibility index (Phi) is 9.11. The number of carbonyl (C=O) groups is 3. The molecule has 0 radical (unpaired) electrons. The molecule has 1 aliphatic carbocycles. The molecule has 1 aliphatic rings. The van der Waals surface area contributed by atoms with E-state index in [0.717, 1.165) is 12.8 Å². The Bertz CT molecular complexity index is 1680. The zero-order valence-corrected chi connectivity index (χ0v) is 24.3. The number of nitrogen functional groups attached to an aromatic ring is 1. The van der Waals surface area contributed by atoms with Crippen molar-refractivity contribution >= 4 is 39.4 Å². The number of pyridine rings is 1. The number of aliphatic hydroxyl groups is 1. The molecule has 6 N–H and O–H groups in total. The largest absolute Gasteiger partial charge is 0.481 e. The van der Waals surface area contributed by atoms with Crippen LogP contribution in [-0.4, -0.2) is 67.6 Å². The standard InChI is InChI=1S/C29H31N5O8S/c1-41-23-12-11-21(24(33-23)27(37)32-19-8-5-17(6-9-19)25(30)31)20-10-7-18(15-22(20)28(38)42-43(2,39)40)26(36)34-29(16-35)13-3-4-14-29/h5-12,15,35H,3-4,13-14,16H2,1-2H3,(H3,30,31)(H,32,37)(H,34,36). The molecular formula is C29H31N5O8S. The van der Waals surface area contributed by atoms with Gasteiger partial charge in [0.25, 0.3) is 11.8 Å². The minimum Gasteiger partial charge on any atom is -0.481 e. The molecule has 14 heteroatoms. The van der Waals surface area contributed by atoms with Crippen molar-refractivity contribution in [2.24, 2.45) is 5.73 Å². The number of nitrogens with zero attached hydrogens (tertiary/aromatic N) is 1. The first-order valence-electron chi connectivity index (χ1n) is 13.2. The molecule has 0 aliphatic heterocycles. The Morgan fingerprint density at radius 3 is 2.21 bits per heavy atom. The second-order valence-corrected chi connectivity index (χ2v) is 11.7. The molecule has 3 aromatic rings. The maximum atomic E-state index is 13.4. The molecule has 0 unspecified atom stereocenters. The van der Waals surface area contributed by atoms with E-state index in [9.17, 15) is 27.9 Å². The summed E-state index contributed by atoms with van der Waals surface area (Å²) in [4.78, 5) is 44.0. The van der Waals surface area contributed by atoms with Gasteiger partial charge in [0, 0.05) is 28.4 Å². The summed E-state index contributed by atoms with van der Waals surface area (Å²) < 4.78 is 33.6. The first-order valence-corrected chi connectivity index (χ1v) is 15.0. The Morgan fingerprint density at radius 2 is 1.63 bits per heavy atom. The van der Waals surface area contributed by atoms with E-state index in [1.54, 1.807) is 24.3 Å². The molecule has 43 heavy (non-hydrogen) atoms. The number of amidine groups is 1. The maximum Gasteiger partial charge on any atom is 0.354 e. The summed E-state index contributed by atoms with van der Waals surface area (Å²) in [5.74, 6) is -2.60. The third-order valence-corrected chi connectivity index (χ3v) is 7.46. The quantitative estimate of drug-likeness (QED) is 0.129. The molecule has 4 rings (SSSR count). The average molecular weight is 610 g/mol. The zero-order valence-electron chi connectivity index (χ0n) is 23.5. The van der Waals surface area contributed by atoms with Crippen molar-refractivity contribution in [1.82, 2.24) is 10.3 Å². The highest BCUT2D eigenvalue weighted by Gasteiger charge is 2.35. The molecule has 2 aromatic carbocycles. The van der Waals surface area contributed by atoms with E-state index in [2.05, 4.69) is 19.8 Å². The monoisotopic (exact) mass is 609 g/mol. The molecule has 0 atom stereocenters. The van der Waals surface area contributed by atoms with Crippen LogP contribution >= 0.6 is 0 Å². The number of nitrogens with one attached hydrogen (secondary N) is 3. The number of amides is 2. The SMILES string of the molecule is COc1ccc(-c2ccc(C(=O)NC3(CO)CCCC3)cc2C(=O)OS(C)(=O)=O)c(C(=O)Nc2ccc(C(=N)N)cc2)n1. The second-order valence-electron chi connectivity index (χ2n) is 10.1. The third-order valence-electron chi connectivity index (χ3n) is 7.01. The van der Waals surface area contributed by atoms with Gasteiger partial charge in [0.2, 0.25) is 5.88 Å². The fourth-order valence-corrected chi connectivity index (χ4v) is 5.19. The molecule has 0 saturated heterocycles. The number of anilines is 1. The van der Waals surface area contributed by atoms with E-state index in [4.69, 9.17) is 15.9 Å². The van der Waals surface area contributed by atoms with Gasteiger partial charge < -0.3 is 30.4 Å². The van der Waals surface area contributed by atoms with E-state index in [-0.39, 0.29) is 46.3 Å². The fourth-order valence-electron chi connectivity index (χ4n) is 4.83. The van der Waals surface area contributed by atoms with Crippen LogP contribution in [0.25, 0.3) is 11.1 Å². The van der Waals surface area contributed by atoms with Gasteiger partial charge in [-0.2, -0.15) is 8.42 Å². The summed E-state index contributed by atoms with van der Waals surface area (Å²) in [6.45, 7) is -0.257. The Hall–Kier alpha value is -4.82. The maximum absolute atomic E-state index is 13.4. The smallest absolute Gasteiger partial charge is 0.354 e. The van der Waals surface area contributed by atoms with Crippen LogP contribution in [0.2, 0.25) is 0 Å². The molecular weight excluding hydrogens is 578 g/mol. The van der Waals surface area contributed by atoms with Crippen LogP contribution < -0.4 is 21.1 Å². The van der Waals surface area contributed by atoms with Crippen molar-refractivity contribution in [3.63, 3.8) is 0 Å². The number of ether oxygens (including phenoxy) is 1. The van der Waals surface area contributed by atoms with Crippen LogP contribution in [0.4, 0.5) is 5.69 Å². The van der Waals surface area contributed by atoms with Crippen LogP contribution in [-0.2, 0) is 14.3 Å². The summed E-state index contributed by atoms with van der Waals surface area (Å²) in [5, 5.41) is 23.0. The number of hydrogen-bond acceptors (Lipinski definition) is 10. The van der Waals surface area contributed by atoms with Crippen molar-refractivity contribution in [2.75, 3.05) is 25.3 Å². The summed E-state index contributed by atoms with van der Waals surface area (Å²) in [6, 6.07) is 13.1. The summed E-state index contributed by atoms with van der Waals surface area (Å²) >= 11 is 0. The molecule has 13 nitrogen and oxygen atoms in total. The topological polar surface area (TPSA) is 211 Å². The first kappa shape index (κ1) is 31.1. The minimum absolute atomic E-state index is 0.0157. The number of hydrogen-bond donors (Lipinski definition) is 5. The molecule has 226 valence electrons. The number of carbonyl (C=O) groups excluding carboxylic acids is 3. The van der Waals surface area contributed by atoms with Crippen LogP contribution in [0, 0.1) is 5.41 Å². The number of nitrogens with two attached hydrogens (primary N) is 1. The van der Waals surface area contributed by atoms with Gasteiger partial charge in [-0.05, 0) is 60.9 Å². The summed E-state index contributed by atoms with van der Waals surface area (Å²) in [7, 11) is -2.89. The second kappa shape index (κ2) is 12.6. The number of methoxy groups -OCH3 is 1. The van der Waals surface area contributed by atoms with E-state index >= 15 is 0 Å². The lowest BCUT2D eigenvalue weighted by Gasteiger charge is -2.28. The van der Waals surface area contributed by atoms with Crippen LogP contribution in [0.3, 0.4) is 0 Å².